The second-order valence-electron chi connectivity index (χ2n) is 4.77. The van der Waals surface area contributed by atoms with E-state index in [1.165, 1.54) is 0 Å². The number of benzene rings is 1. The Balaban J connectivity index is 1.73. The van der Waals surface area contributed by atoms with E-state index in [4.69, 9.17) is 0 Å². The van der Waals surface area contributed by atoms with Crippen LogP contribution in [0.1, 0.15) is 18.4 Å². The number of carbonyl (C=O) groups excluding carboxylic acids is 1. The van der Waals surface area contributed by atoms with Crippen molar-refractivity contribution < 1.29 is 13.6 Å². The Morgan fingerprint density at radius 2 is 2.10 bits per heavy atom. The molecule has 0 radical (unpaired) electrons. The molecule has 6 heteroatoms. The van der Waals surface area contributed by atoms with Crippen LogP contribution in [-0.4, -0.2) is 30.0 Å². The fraction of sp³-hybridized carbons (Fsp3) is 0.500. The lowest BCUT2D eigenvalue weighted by atomic mass is 10.2. The maximum absolute atomic E-state index is 13.4. The summed E-state index contributed by atoms with van der Waals surface area (Å²) >= 11 is 1.63. The number of hydrogen-bond acceptors (Lipinski definition) is 3. The molecular formula is C14H18F2N2OS. The largest absolute Gasteiger partial charge is 0.351 e. The maximum Gasteiger partial charge on any atom is 0.230 e. The van der Waals surface area contributed by atoms with Crippen molar-refractivity contribution in [1.82, 2.24) is 10.6 Å². The standard InChI is InChI=1S/C14H18F2N2OS/c15-11-1-2-13(16)10(7-11)8-18-14(19)9-20-12-3-5-17-6-4-12/h1-2,7,12,17H,3-6,8-9H2,(H,18,19). The smallest absolute Gasteiger partial charge is 0.230 e. The van der Waals surface area contributed by atoms with Crippen LogP contribution in [0.25, 0.3) is 0 Å². The van der Waals surface area contributed by atoms with Gasteiger partial charge in [-0.3, -0.25) is 4.79 Å². The summed E-state index contributed by atoms with van der Waals surface area (Å²) in [5.74, 6) is -0.781. The lowest BCUT2D eigenvalue weighted by Gasteiger charge is -2.21. The maximum atomic E-state index is 13.4. The first-order valence-corrected chi connectivity index (χ1v) is 7.73. The molecule has 1 fully saturated rings. The predicted molar refractivity (Wildman–Crippen MR) is 76.6 cm³/mol. The van der Waals surface area contributed by atoms with Crippen LogP contribution < -0.4 is 10.6 Å². The molecule has 0 bridgehead atoms. The van der Waals surface area contributed by atoms with Crippen LogP contribution in [0.5, 0.6) is 0 Å². The molecule has 1 aromatic rings. The monoisotopic (exact) mass is 300 g/mol. The molecule has 20 heavy (non-hydrogen) atoms. The van der Waals surface area contributed by atoms with Gasteiger partial charge in [0.2, 0.25) is 5.91 Å². The summed E-state index contributed by atoms with van der Waals surface area (Å²) in [7, 11) is 0. The van der Waals surface area contributed by atoms with Gasteiger partial charge in [-0.05, 0) is 44.1 Å². The van der Waals surface area contributed by atoms with E-state index in [1.54, 1.807) is 11.8 Å². The van der Waals surface area contributed by atoms with E-state index >= 15 is 0 Å². The Labute approximate surface area is 121 Å². The summed E-state index contributed by atoms with van der Waals surface area (Å²) in [5.41, 5.74) is 0.171. The van der Waals surface area contributed by atoms with Crippen molar-refractivity contribution in [3.63, 3.8) is 0 Å². The van der Waals surface area contributed by atoms with Crippen molar-refractivity contribution in [3.8, 4) is 0 Å². The second kappa shape index (κ2) is 7.59. The molecule has 1 aliphatic rings. The van der Waals surface area contributed by atoms with Crippen LogP contribution in [-0.2, 0) is 11.3 Å². The van der Waals surface area contributed by atoms with Gasteiger partial charge >= 0.3 is 0 Å². The minimum atomic E-state index is -0.502. The van der Waals surface area contributed by atoms with Crippen LogP contribution in [0.2, 0.25) is 0 Å². The van der Waals surface area contributed by atoms with Gasteiger partial charge in [0.15, 0.2) is 0 Å². The minimum absolute atomic E-state index is 0.0230. The first-order valence-electron chi connectivity index (χ1n) is 6.68. The SMILES string of the molecule is O=C(CSC1CCNCC1)NCc1cc(F)ccc1F. The van der Waals surface area contributed by atoms with E-state index in [0.29, 0.717) is 11.0 Å². The van der Waals surface area contributed by atoms with Gasteiger partial charge in [0, 0.05) is 17.4 Å². The van der Waals surface area contributed by atoms with E-state index in [-0.39, 0.29) is 18.0 Å². The molecule has 110 valence electrons. The highest BCUT2D eigenvalue weighted by atomic mass is 32.2. The highest BCUT2D eigenvalue weighted by Gasteiger charge is 2.15. The first-order chi connectivity index (χ1) is 9.65. The molecule has 2 rings (SSSR count). The number of thioether (sulfide) groups is 1. The molecule has 0 spiro atoms. The molecule has 0 aromatic heterocycles. The van der Waals surface area contributed by atoms with Crippen LogP contribution >= 0.6 is 11.8 Å². The molecule has 1 saturated heterocycles. The number of nitrogens with one attached hydrogen (secondary N) is 2. The third-order valence-electron chi connectivity index (χ3n) is 3.22. The summed E-state index contributed by atoms with van der Waals surface area (Å²) in [6.07, 6.45) is 2.13. The van der Waals surface area contributed by atoms with Crippen LogP contribution in [0, 0.1) is 11.6 Å². The Kier molecular flexibility index (Phi) is 5.79. The van der Waals surface area contributed by atoms with Crippen LogP contribution in [0.3, 0.4) is 0 Å². The topological polar surface area (TPSA) is 41.1 Å². The second-order valence-corrected chi connectivity index (χ2v) is 6.06. The molecule has 3 nitrogen and oxygen atoms in total. The first kappa shape index (κ1) is 15.3. The van der Waals surface area contributed by atoms with Crippen molar-refractivity contribution in [3.05, 3.63) is 35.4 Å². The molecule has 0 saturated carbocycles. The molecule has 1 heterocycles. The molecule has 2 N–H and O–H groups in total. The average molecular weight is 300 g/mol. The van der Waals surface area contributed by atoms with Gasteiger partial charge < -0.3 is 10.6 Å². The predicted octanol–water partition coefficient (Wildman–Crippen LogP) is 2.07. The molecule has 1 amide bonds. The van der Waals surface area contributed by atoms with E-state index in [1.807, 2.05) is 0 Å². The van der Waals surface area contributed by atoms with Crippen molar-refractivity contribution in [2.24, 2.45) is 0 Å². The van der Waals surface area contributed by atoms with Gasteiger partial charge in [-0.1, -0.05) is 0 Å². The third-order valence-corrected chi connectivity index (χ3v) is 4.59. The highest BCUT2D eigenvalue weighted by Crippen LogP contribution is 2.19. The Bertz CT molecular complexity index is 464. The average Bonchev–Trinajstić information content (AvgIpc) is 2.47. The van der Waals surface area contributed by atoms with Crippen molar-refractivity contribution in [2.45, 2.75) is 24.6 Å². The number of carbonyl (C=O) groups is 1. The third kappa shape index (κ3) is 4.76. The van der Waals surface area contributed by atoms with Gasteiger partial charge in [0.25, 0.3) is 0 Å². The minimum Gasteiger partial charge on any atom is -0.351 e. The lowest BCUT2D eigenvalue weighted by Crippen LogP contribution is -2.31. The van der Waals surface area contributed by atoms with Gasteiger partial charge in [-0.2, -0.15) is 0 Å². The Morgan fingerprint density at radius 1 is 1.35 bits per heavy atom. The van der Waals surface area contributed by atoms with Gasteiger partial charge in [0.05, 0.1) is 5.75 Å². The van der Waals surface area contributed by atoms with Crippen molar-refractivity contribution >= 4 is 17.7 Å². The van der Waals surface area contributed by atoms with Crippen LogP contribution in [0.4, 0.5) is 8.78 Å². The molecule has 0 aliphatic carbocycles. The summed E-state index contributed by atoms with van der Waals surface area (Å²) < 4.78 is 26.3. The quantitative estimate of drug-likeness (QED) is 0.874. The van der Waals surface area contributed by atoms with E-state index in [0.717, 1.165) is 44.1 Å². The van der Waals surface area contributed by atoms with Gasteiger partial charge in [-0.25, -0.2) is 8.78 Å². The van der Waals surface area contributed by atoms with E-state index in [2.05, 4.69) is 10.6 Å². The lowest BCUT2D eigenvalue weighted by molar-refractivity contribution is -0.118. The Hall–Kier alpha value is -1.14. The Morgan fingerprint density at radius 3 is 2.85 bits per heavy atom. The number of piperidine rings is 1. The zero-order chi connectivity index (χ0) is 14.4. The summed E-state index contributed by atoms with van der Waals surface area (Å²) in [6, 6.07) is 3.24. The fourth-order valence-electron chi connectivity index (χ4n) is 2.08. The molecule has 1 aliphatic heterocycles. The molecular weight excluding hydrogens is 282 g/mol. The van der Waals surface area contributed by atoms with Gasteiger partial charge in [-0.15, -0.1) is 11.8 Å². The van der Waals surface area contributed by atoms with Crippen molar-refractivity contribution in [2.75, 3.05) is 18.8 Å². The fourth-order valence-corrected chi connectivity index (χ4v) is 3.14. The number of halogens is 2. The molecule has 0 atom stereocenters. The number of hydrogen-bond donors (Lipinski definition) is 2. The summed E-state index contributed by atoms with van der Waals surface area (Å²) in [6.45, 7) is 2.01. The van der Waals surface area contributed by atoms with Gasteiger partial charge in [0.1, 0.15) is 11.6 Å². The summed E-state index contributed by atoms with van der Waals surface area (Å²) in [5, 5.41) is 6.40. The zero-order valence-electron chi connectivity index (χ0n) is 11.1. The summed E-state index contributed by atoms with van der Waals surface area (Å²) in [4.78, 5) is 11.7. The highest BCUT2D eigenvalue weighted by molar-refractivity contribution is 8.00. The number of rotatable bonds is 5. The number of amides is 1. The normalized spacial score (nSPS) is 16.1. The van der Waals surface area contributed by atoms with Crippen LogP contribution in [0.15, 0.2) is 18.2 Å². The molecule has 1 aromatic carbocycles. The van der Waals surface area contributed by atoms with Crippen molar-refractivity contribution in [1.29, 1.82) is 0 Å². The molecule has 0 unspecified atom stereocenters. The zero-order valence-corrected chi connectivity index (χ0v) is 11.9. The van der Waals surface area contributed by atoms with E-state index in [9.17, 15) is 13.6 Å². The van der Waals surface area contributed by atoms with E-state index < -0.39 is 11.6 Å².